The highest BCUT2D eigenvalue weighted by molar-refractivity contribution is 5.29. The molecule has 1 saturated heterocycles. The standard InChI is InChI=1S/C15H26N4/c1-3-13(4-2)11-18-14-7-5-10-19(12-14)15-16-8-6-9-17-15/h6,8-9,13-14,18H,3-5,7,10-12H2,1-2H3. The highest BCUT2D eigenvalue weighted by Gasteiger charge is 2.21. The van der Waals surface area contributed by atoms with Crippen molar-refractivity contribution in [3.05, 3.63) is 18.5 Å². The molecule has 1 N–H and O–H groups in total. The molecule has 106 valence electrons. The van der Waals surface area contributed by atoms with E-state index in [2.05, 4.69) is 34.0 Å². The molecule has 1 aliphatic rings. The van der Waals surface area contributed by atoms with E-state index in [1.54, 1.807) is 0 Å². The lowest BCUT2D eigenvalue weighted by Crippen LogP contribution is -2.47. The monoisotopic (exact) mass is 262 g/mol. The summed E-state index contributed by atoms with van der Waals surface area (Å²) < 4.78 is 0. The summed E-state index contributed by atoms with van der Waals surface area (Å²) in [4.78, 5) is 11.0. The van der Waals surface area contributed by atoms with Crippen molar-refractivity contribution in [2.75, 3.05) is 24.5 Å². The fourth-order valence-corrected chi connectivity index (χ4v) is 2.69. The summed E-state index contributed by atoms with van der Waals surface area (Å²) in [6.07, 6.45) is 8.67. The van der Waals surface area contributed by atoms with E-state index in [0.29, 0.717) is 6.04 Å². The average molecular weight is 262 g/mol. The first-order chi connectivity index (χ1) is 9.33. The van der Waals surface area contributed by atoms with Gasteiger partial charge in [0.15, 0.2) is 0 Å². The first-order valence-electron chi connectivity index (χ1n) is 7.58. The Hall–Kier alpha value is -1.16. The Morgan fingerprint density at radius 1 is 1.32 bits per heavy atom. The fraction of sp³-hybridized carbons (Fsp3) is 0.733. The van der Waals surface area contributed by atoms with Gasteiger partial charge in [-0.3, -0.25) is 0 Å². The zero-order chi connectivity index (χ0) is 13.5. The maximum Gasteiger partial charge on any atom is 0.225 e. The Kier molecular flexibility index (Phi) is 5.58. The topological polar surface area (TPSA) is 41.0 Å². The molecule has 1 unspecified atom stereocenters. The van der Waals surface area contributed by atoms with Gasteiger partial charge < -0.3 is 10.2 Å². The van der Waals surface area contributed by atoms with Crippen molar-refractivity contribution in [1.82, 2.24) is 15.3 Å². The second-order valence-corrected chi connectivity index (χ2v) is 5.42. The van der Waals surface area contributed by atoms with E-state index >= 15 is 0 Å². The summed E-state index contributed by atoms with van der Waals surface area (Å²) in [6, 6.07) is 2.45. The van der Waals surface area contributed by atoms with Crippen LogP contribution in [0, 0.1) is 5.92 Å². The van der Waals surface area contributed by atoms with Crippen LogP contribution in [0.4, 0.5) is 5.95 Å². The van der Waals surface area contributed by atoms with Crippen LogP contribution in [0.15, 0.2) is 18.5 Å². The summed E-state index contributed by atoms with van der Waals surface area (Å²) in [5.41, 5.74) is 0. The molecule has 0 aliphatic carbocycles. The normalized spacial score (nSPS) is 19.9. The van der Waals surface area contributed by atoms with Gasteiger partial charge in [-0.05, 0) is 31.4 Å². The lowest BCUT2D eigenvalue weighted by molar-refractivity contribution is 0.368. The number of nitrogens with one attached hydrogen (secondary N) is 1. The molecule has 0 saturated carbocycles. The predicted octanol–water partition coefficient (Wildman–Crippen LogP) is 2.47. The zero-order valence-corrected chi connectivity index (χ0v) is 12.2. The third-order valence-electron chi connectivity index (χ3n) is 4.11. The van der Waals surface area contributed by atoms with Crippen LogP contribution in [0.3, 0.4) is 0 Å². The van der Waals surface area contributed by atoms with Gasteiger partial charge >= 0.3 is 0 Å². The SMILES string of the molecule is CCC(CC)CNC1CCCN(c2ncccn2)C1. The van der Waals surface area contributed by atoms with E-state index < -0.39 is 0 Å². The van der Waals surface area contributed by atoms with E-state index in [4.69, 9.17) is 0 Å². The van der Waals surface area contributed by atoms with E-state index in [9.17, 15) is 0 Å². The van der Waals surface area contributed by atoms with Crippen LogP contribution in [0.1, 0.15) is 39.5 Å². The van der Waals surface area contributed by atoms with Gasteiger partial charge in [-0.25, -0.2) is 9.97 Å². The second kappa shape index (κ2) is 7.43. The molecule has 2 heterocycles. The van der Waals surface area contributed by atoms with E-state index in [1.165, 1.54) is 25.7 Å². The molecule has 1 aromatic heterocycles. The van der Waals surface area contributed by atoms with Gasteiger partial charge in [-0.2, -0.15) is 0 Å². The first kappa shape index (κ1) is 14.3. The lowest BCUT2D eigenvalue weighted by Gasteiger charge is -2.34. The van der Waals surface area contributed by atoms with Crippen molar-refractivity contribution in [3.8, 4) is 0 Å². The van der Waals surface area contributed by atoms with Gasteiger partial charge in [-0.1, -0.05) is 26.7 Å². The van der Waals surface area contributed by atoms with Gasteiger partial charge in [0.25, 0.3) is 0 Å². The summed E-state index contributed by atoms with van der Waals surface area (Å²) in [6.45, 7) is 7.81. The number of aromatic nitrogens is 2. The molecule has 1 aliphatic heterocycles. The van der Waals surface area contributed by atoms with Crippen molar-refractivity contribution in [2.45, 2.75) is 45.6 Å². The van der Waals surface area contributed by atoms with Gasteiger partial charge in [0.1, 0.15) is 0 Å². The molecular formula is C15H26N4. The highest BCUT2D eigenvalue weighted by atomic mass is 15.3. The number of hydrogen-bond donors (Lipinski definition) is 1. The Bertz CT molecular complexity index is 350. The largest absolute Gasteiger partial charge is 0.339 e. The van der Waals surface area contributed by atoms with Gasteiger partial charge in [0, 0.05) is 31.5 Å². The minimum absolute atomic E-state index is 0.582. The maximum absolute atomic E-state index is 4.35. The molecule has 1 atom stereocenters. The molecule has 1 aromatic rings. The van der Waals surface area contributed by atoms with Crippen LogP contribution in [0.25, 0.3) is 0 Å². The van der Waals surface area contributed by atoms with Gasteiger partial charge in [-0.15, -0.1) is 0 Å². The summed E-state index contributed by atoms with van der Waals surface area (Å²) >= 11 is 0. The fourth-order valence-electron chi connectivity index (χ4n) is 2.69. The van der Waals surface area contributed by atoms with Crippen molar-refractivity contribution in [1.29, 1.82) is 0 Å². The quantitative estimate of drug-likeness (QED) is 0.855. The molecule has 0 amide bonds. The second-order valence-electron chi connectivity index (χ2n) is 5.42. The summed E-state index contributed by atoms with van der Waals surface area (Å²) in [5, 5.41) is 3.73. The zero-order valence-electron chi connectivity index (χ0n) is 12.2. The van der Waals surface area contributed by atoms with E-state index in [-0.39, 0.29) is 0 Å². The number of hydrogen-bond acceptors (Lipinski definition) is 4. The molecule has 0 spiro atoms. The third-order valence-corrected chi connectivity index (χ3v) is 4.11. The third kappa shape index (κ3) is 4.16. The molecule has 4 nitrogen and oxygen atoms in total. The molecule has 0 aromatic carbocycles. The van der Waals surface area contributed by atoms with Gasteiger partial charge in [0.05, 0.1) is 0 Å². The van der Waals surface area contributed by atoms with Gasteiger partial charge in [0.2, 0.25) is 5.95 Å². The number of nitrogens with zero attached hydrogens (tertiary/aromatic N) is 3. The van der Waals surface area contributed by atoms with E-state index in [0.717, 1.165) is 31.5 Å². The van der Waals surface area contributed by atoms with Crippen LogP contribution >= 0.6 is 0 Å². The average Bonchev–Trinajstić information content (AvgIpc) is 2.49. The molecule has 0 bridgehead atoms. The molecule has 0 radical (unpaired) electrons. The Morgan fingerprint density at radius 2 is 2.05 bits per heavy atom. The minimum atomic E-state index is 0.582. The van der Waals surface area contributed by atoms with Crippen molar-refractivity contribution in [3.63, 3.8) is 0 Å². The van der Waals surface area contributed by atoms with Crippen LogP contribution < -0.4 is 10.2 Å². The molecule has 19 heavy (non-hydrogen) atoms. The predicted molar refractivity (Wildman–Crippen MR) is 79.3 cm³/mol. The highest BCUT2D eigenvalue weighted by Crippen LogP contribution is 2.16. The van der Waals surface area contributed by atoms with Crippen molar-refractivity contribution >= 4 is 5.95 Å². The number of anilines is 1. The van der Waals surface area contributed by atoms with Crippen LogP contribution in [-0.2, 0) is 0 Å². The summed E-state index contributed by atoms with van der Waals surface area (Å²) in [5.74, 6) is 1.68. The smallest absolute Gasteiger partial charge is 0.225 e. The van der Waals surface area contributed by atoms with Crippen LogP contribution in [-0.4, -0.2) is 35.6 Å². The molecule has 4 heteroatoms. The Balaban J connectivity index is 1.84. The molecular weight excluding hydrogens is 236 g/mol. The molecule has 1 fully saturated rings. The lowest BCUT2D eigenvalue weighted by atomic mass is 10.0. The number of rotatable bonds is 6. The van der Waals surface area contributed by atoms with Crippen molar-refractivity contribution < 1.29 is 0 Å². The Labute approximate surface area is 116 Å². The number of piperidine rings is 1. The van der Waals surface area contributed by atoms with Crippen molar-refractivity contribution in [2.24, 2.45) is 5.92 Å². The van der Waals surface area contributed by atoms with E-state index in [1.807, 2.05) is 18.5 Å². The van der Waals surface area contributed by atoms with Crippen LogP contribution in [0.5, 0.6) is 0 Å². The minimum Gasteiger partial charge on any atom is -0.339 e. The molecule has 2 rings (SSSR count). The summed E-state index contributed by atoms with van der Waals surface area (Å²) in [7, 11) is 0. The first-order valence-corrected chi connectivity index (χ1v) is 7.58. The van der Waals surface area contributed by atoms with Crippen LogP contribution in [0.2, 0.25) is 0 Å². The Morgan fingerprint density at radius 3 is 2.74 bits per heavy atom. The maximum atomic E-state index is 4.35.